The first-order valence-corrected chi connectivity index (χ1v) is 8.99. The van der Waals surface area contributed by atoms with Gasteiger partial charge in [-0.25, -0.2) is 4.39 Å². The molecular weight excluding hydrogens is 359 g/mol. The van der Waals surface area contributed by atoms with Crippen molar-refractivity contribution in [2.45, 2.75) is 45.1 Å². The zero-order valence-corrected chi connectivity index (χ0v) is 15.9. The highest BCUT2D eigenvalue weighted by atomic mass is 35.5. The lowest BCUT2D eigenvalue weighted by molar-refractivity contribution is -0.143. The highest BCUT2D eigenvalue weighted by Crippen LogP contribution is 2.21. The average molecular weight is 387 g/mol. The van der Waals surface area contributed by atoms with E-state index in [1.54, 1.807) is 19.1 Å². The first kappa shape index (κ1) is 22.4. The lowest BCUT2D eigenvalue weighted by Crippen LogP contribution is -2.32. The van der Waals surface area contributed by atoms with E-state index < -0.39 is 6.04 Å². The number of amides is 1. The van der Waals surface area contributed by atoms with Crippen LogP contribution in [0.1, 0.15) is 50.6 Å². The second-order valence-corrected chi connectivity index (χ2v) is 6.41. The fraction of sp³-hybridized carbons (Fsp3) is 0.579. The summed E-state index contributed by atoms with van der Waals surface area (Å²) in [6, 6.07) is 5.34. The third kappa shape index (κ3) is 7.70. The van der Waals surface area contributed by atoms with Gasteiger partial charge in [-0.3, -0.25) is 9.59 Å². The number of halogens is 2. The summed E-state index contributed by atoms with van der Waals surface area (Å²) in [5.41, 5.74) is 0.699. The Morgan fingerprint density at radius 3 is 2.54 bits per heavy atom. The smallest absolute Gasteiger partial charge is 0.308 e. The van der Waals surface area contributed by atoms with E-state index >= 15 is 0 Å². The first-order valence-electron chi connectivity index (χ1n) is 8.99. The van der Waals surface area contributed by atoms with Gasteiger partial charge in [0.1, 0.15) is 5.82 Å². The molecule has 26 heavy (non-hydrogen) atoms. The molecule has 1 aromatic rings. The maximum atomic E-state index is 13.1. The summed E-state index contributed by atoms with van der Waals surface area (Å²) in [5.74, 6) is -0.246. The molecule has 0 spiro atoms. The molecule has 1 heterocycles. The number of hydrogen-bond donors (Lipinski definition) is 2. The van der Waals surface area contributed by atoms with E-state index in [4.69, 9.17) is 4.74 Å². The minimum absolute atomic E-state index is 0. The normalized spacial score (nSPS) is 15.6. The predicted molar refractivity (Wildman–Crippen MR) is 101 cm³/mol. The van der Waals surface area contributed by atoms with Crippen LogP contribution in [0.5, 0.6) is 0 Å². The quantitative estimate of drug-likeness (QED) is 0.673. The minimum atomic E-state index is -0.500. The number of carbonyl (C=O) groups is 2. The van der Waals surface area contributed by atoms with Gasteiger partial charge in [-0.05, 0) is 62.9 Å². The van der Waals surface area contributed by atoms with Crippen LogP contribution in [0.15, 0.2) is 24.3 Å². The number of rotatable bonds is 8. The summed E-state index contributed by atoms with van der Waals surface area (Å²) < 4.78 is 18.1. The fourth-order valence-corrected chi connectivity index (χ4v) is 3.11. The van der Waals surface area contributed by atoms with Crippen LogP contribution in [0.25, 0.3) is 0 Å². The molecule has 0 aliphatic carbocycles. The van der Waals surface area contributed by atoms with E-state index in [0.717, 1.165) is 32.4 Å². The van der Waals surface area contributed by atoms with Crippen molar-refractivity contribution in [3.8, 4) is 0 Å². The third-order valence-corrected chi connectivity index (χ3v) is 4.52. The first-order chi connectivity index (χ1) is 12.1. The summed E-state index contributed by atoms with van der Waals surface area (Å²) in [7, 11) is 0. The molecule has 2 N–H and O–H groups in total. The monoisotopic (exact) mass is 386 g/mol. The Morgan fingerprint density at radius 2 is 1.92 bits per heavy atom. The third-order valence-electron chi connectivity index (χ3n) is 4.52. The molecule has 1 fully saturated rings. The molecule has 1 unspecified atom stereocenters. The van der Waals surface area contributed by atoms with Crippen molar-refractivity contribution >= 4 is 24.3 Å². The predicted octanol–water partition coefficient (Wildman–Crippen LogP) is 3.14. The summed E-state index contributed by atoms with van der Waals surface area (Å²) in [5, 5.41) is 6.22. The summed E-state index contributed by atoms with van der Waals surface area (Å²) in [6.07, 6.45) is 3.52. The average Bonchev–Trinajstić information content (AvgIpc) is 2.61. The Kier molecular flexibility index (Phi) is 10.2. The van der Waals surface area contributed by atoms with Crippen LogP contribution in [0.3, 0.4) is 0 Å². The Labute approximate surface area is 160 Å². The van der Waals surface area contributed by atoms with E-state index in [1.807, 2.05) is 0 Å². The molecule has 0 radical (unpaired) electrons. The lowest BCUT2D eigenvalue weighted by atomic mass is 9.93. The summed E-state index contributed by atoms with van der Waals surface area (Å²) >= 11 is 0. The van der Waals surface area contributed by atoms with Gasteiger partial charge in [0.15, 0.2) is 0 Å². The molecule has 1 aromatic carbocycles. The van der Waals surface area contributed by atoms with Crippen molar-refractivity contribution in [1.29, 1.82) is 0 Å². The van der Waals surface area contributed by atoms with Crippen molar-refractivity contribution in [1.82, 2.24) is 10.6 Å². The van der Waals surface area contributed by atoms with Crippen LogP contribution >= 0.6 is 12.4 Å². The summed E-state index contributed by atoms with van der Waals surface area (Å²) in [6.45, 7) is 4.04. The topological polar surface area (TPSA) is 67.4 Å². The number of piperidine rings is 1. The second kappa shape index (κ2) is 11.9. The largest absolute Gasteiger partial charge is 0.466 e. The van der Waals surface area contributed by atoms with E-state index in [1.165, 1.54) is 12.1 Å². The van der Waals surface area contributed by atoms with Gasteiger partial charge in [0.2, 0.25) is 5.91 Å². The molecule has 146 valence electrons. The van der Waals surface area contributed by atoms with Gasteiger partial charge in [0.25, 0.3) is 0 Å². The van der Waals surface area contributed by atoms with Crippen LogP contribution in [-0.4, -0.2) is 31.6 Å². The molecule has 7 heteroatoms. The van der Waals surface area contributed by atoms with Crippen molar-refractivity contribution in [2.24, 2.45) is 5.92 Å². The van der Waals surface area contributed by atoms with Crippen molar-refractivity contribution in [3.63, 3.8) is 0 Å². The Balaban J connectivity index is 0.00000338. The Morgan fingerprint density at radius 1 is 1.27 bits per heavy atom. The second-order valence-electron chi connectivity index (χ2n) is 6.41. The highest BCUT2D eigenvalue weighted by molar-refractivity contribution is 5.85. The number of benzene rings is 1. The van der Waals surface area contributed by atoms with Gasteiger partial charge in [0, 0.05) is 6.42 Å². The molecule has 1 aliphatic rings. The Hall–Kier alpha value is -1.66. The van der Waals surface area contributed by atoms with Crippen molar-refractivity contribution < 1.29 is 18.7 Å². The van der Waals surface area contributed by atoms with Crippen LogP contribution in [-0.2, 0) is 14.3 Å². The summed E-state index contributed by atoms with van der Waals surface area (Å²) in [4.78, 5) is 24.1. The van der Waals surface area contributed by atoms with Gasteiger partial charge in [-0.15, -0.1) is 12.4 Å². The number of esters is 1. The standard InChI is InChI=1S/C19H27FN2O3.ClH/c1-2-25-19(24)13-17(15-4-6-16(20)7-5-15)22-18(23)8-3-14-9-11-21-12-10-14;/h4-7,14,17,21H,2-3,8-13H2,1H3,(H,22,23);1H. The molecule has 1 saturated heterocycles. The molecule has 0 bridgehead atoms. The minimum Gasteiger partial charge on any atom is -0.466 e. The maximum absolute atomic E-state index is 13.1. The number of hydrogen-bond acceptors (Lipinski definition) is 4. The van der Waals surface area contributed by atoms with E-state index in [2.05, 4.69) is 10.6 Å². The van der Waals surface area contributed by atoms with Gasteiger partial charge in [-0.1, -0.05) is 12.1 Å². The zero-order valence-electron chi connectivity index (χ0n) is 15.1. The molecule has 1 amide bonds. The van der Waals surface area contributed by atoms with Crippen molar-refractivity contribution in [3.05, 3.63) is 35.6 Å². The number of nitrogens with one attached hydrogen (secondary N) is 2. The lowest BCUT2D eigenvalue weighted by Gasteiger charge is -2.23. The molecule has 1 atom stereocenters. The van der Waals surface area contributed by atoms with Crippen molar-refractivity contribution in [2.75, 3.05) is 19.7 Å². The molecule has 0 aromatic heterocycles. The van der Waals surface area contributed by atoms with E-state index in [9.17, 15) is 14.0 Å². The molecule has 0 saturated carbocycles. The maximum Gasteiger partial charge on any atom is 0.308 e. The molecule has 1 aliphatic heterocycles. The highest BCUT2D eigenvalue weighted by Gasteiger charge is 2.20. The van der Waals surface area contributed by atoms with Crippen LogP contribution < -0.4 is 10.6 Å². The van der Waals surface area contributed by atoms with Crippen LogP contribution in [0.4, 0.5) is 4.39 Å². The molecule has 2 rings (SSSR count). The van der Waals surface area contributed by atoms with Gasteiger partial charge >= 0.3 is 5.97 Å². The fourth-order valence-electron chi connectivity index (χ4n) is 3.11. The number of ether oxygens (including phenoxy) is 1. The van der Waals surface area contributed by atoms with E-state index in [0.29, 0.717) is 24.5 Å². The van der Waals surface area contributed by atoms with E-state index in [-0.39, 0.29) is 36.5 Å². The molecular formula is C19H28ClFN2O3. The zero-order chi connectivity index (χ0) is 18.1. The molecule has 5 nitrogen and oxygen atoms in total. The van der Waals surface area contributed by atoms with Gasteiger partial charge in [-0.2, -0.15) is 0 Å². The van der Waals surface area contributed by atoms with Crippen LogP contribution in [0, 0.1) is 11.7 Å². The van der Waals surface area contributed by atoms with Gasteiger partial charge in [0.05, 0.1) is 19.1 Å². The van der Waals surface area contributed by atoms with Crippen LogP contribution in [0.2, 0.25) is 0 Å². The SMILES string of the molecule is CCOC(=O)CC(NC(=O)CCC1CCNCC1)c1ccc(F)cc1.Cl. The number of carbonyl (C=O) groups excluding carboxylic acids is 2. The Bertz CT molecular complexity index is 562. The van der Waals surface area contributed by atoms with Gasteiger partial charge < -0.3 is 15.4 Å².